The maximum absolute atomic E-state index is 12.2. The monoisotopic (exact) mass is 380 g/mol. The van der Waals surface area contributed by atoms with E-state index in [1.807, 2.05) is 38.1 Å². The average molecular weight is 381 g/mol. The number of benzene rings is 2. The number of nitrogens with zero attached hydrogens (tertiary/aromatic N) is 1. The van der Waals surface area contributed by atoms with Crippen LogP contribution >= 0.6 is 15.9 Å². The third kappa shape index (κ3) is 4.18. The molecular weight excluding hydrogens is 364 g/mol. The summed E-state index contributed by atoms with van der Waals surface area (Å²) in [4.78, 5) is 2.48. The number of aryl methyl sites for hydroxylation is 1. The second-order valence-corrected chi connectivity index (χ2v) is 7.40. The minimum atomic E-state index is -3.66. The highest BCUT2D eigenvalue weighted by Gasteiger charge is 2.13. The molecule has 1 N–H and O–H groups in total. The summed E-state index contributed by atoms with van der Waals surface area (Å²) < 4.78 is 25.3. The molecule has 0 aliphatic heterocycles. The molecule has 4 nitrogen and oxygen atoms in total. The van der Waals surface area contributed by atoms with E-state index in [2.05, 4.69) is 25.9 Å². The van der Waals surface area contributed by atoms with Gasteiger partial charge < -0.3 is 0 Å². The number of sulfonamides is 1. The third-order valence-corrected chi connectivity index (χ3v) is 4.90. The Labute approximate surface area is 139 Å². The molecule has 116 valence electrons. The molecule has 0 unspecified atom stereocenters. The Morgan fingerprint density at radius 3 is 2.23 bits per heavy atom. The van der Waals surface area contributed by atoms with Crippen molar-refractivity contribution in [3.63, 3.8) is 0 Å². The van der Waals surface area contributed by atoms with Gasteiger partial charge in [-0.3, -0.25) is 0 Å². The number of rotatable bonds is 5. The first-order valence-corrected chi connectivity index (χ1v) is 9.11. The van der Waals surface area contributed by atoms with Gasteiger partial charge in [0.05, 0.1) is 10.6 Å². The van der Waals surface area contributed by atoms with Gasteiger partial charge in [-0.25, -0.2) is 0 Å². The van der Waals surface area contributed by atoms with Gasteiger partial charge >= 0.3 is 0 Å². The molecule has 0 spiro atoms. The Hall–Kier alpha value is -1.66. The highest BCUT2D eigenvalue weighted by molar-refractivity contribution is 9.10. The zero-order valence-electron chi connectivity index (χ0n) is 12.4. The summed E-state index contributed by atoms with van der Waals surface area (Å²) in [7, 11) is -3.66. The van der Waals surface area contributed by atoms with Crippen molar-refractivity contribution in [3.8, 4) is 0 Å². The zero-order chi connectivity index (χ0) is 16.2. The second kappa shape index (κ2) is 7.07. The molecule has 0 amide bonds. The van der Waals surface area contributed by atoms with Crippen LogP contribution in [0.2, 0.25) is 0 Å². The lowest BCUT2D eigenvalue weighted by Crippen LogP contribution is -2.20. The predicted octanol–water partition coefficient (Wildman–Crippen LogP) is 3.85. The molecule has 2 aromatic carbocycles. The van der Waals surface area contributed by atoms with Crippen molar-refractivity contribution in [2.24, 2.45) is 5.10 Å². The van der Waals surface area contributed by atoms with Gasteiger partial charge in [0, 0.05) is 4.47 Å². The van der Waals surface area contributed by atoms with Gasteiger partial charge in [0.2, 0.25) is 0 Å². The fourth-order valence-electron chi connectivity index (χ4n) is 1.88. The molecule has 6 heteroatoms. The maximum atomic E-state index is 12.2. The Morgan fingerprint density at radius 1 is 1.09 bits per heavy atom. The Kier molecular flexibility index (Phi) is 5.37. The lowest BCUT2D eigenvalue weighted by molar-refractivity contribution is 0.584. The van der Waals surface area contributed by atoms with Crippen molar-refractivity contribution in [2.75, 3.05) is 0 Å². The fourth-order valence-corrected chi connectivity index (χ4v) is 2.97. The van der Waals surface area contributed by atoms with Crippen molar-refractivity contribution in [2.45, 2.75) is 25.2 Å². The highest BCUT2D eigenvalue weighted by Crippen LogP contribution is 2.15. The summed E-state index contributed by atoms with van der Waals surface area (Å²) in [6.07, 6.45) is 0.631. The summed E-state index contributed by atoms with van der Waals surface area (Å²) in [5, 5.41) is 4.08. The van der Waals surface area contributed by atoms with Gasteiger partial charge in [-0.2, -0.15) is 18.4 Å². The van der Waals surface area contributed by atoms with Crippen LogP contribution in [-0.2, 0) is 10.0 Å². The van der Waals surface area contributed by atoms with E-state index in [1.54, 1.807) is 12.1 Å². The minimum absolute atomic E-state index is 0.179. The smallest absolute Gasteiger partial charge is 0.200 e. The number of nitrogens with one attached hydrogen (secondary N) is 1. The fraction of sp³-hybridized carbons (Fsp3) is 0.188. The molecule has 2 aromatic rings. The number of hydrogen-bond acceptors (Lipinski definition) is 3. The van der Waals surface area contributed by atoms with E-state index in [0.29, 0.717) is 12.1 Å². The van der Waals surface area contributed by atoms with E-state index in [-0.39, 0.29) is 4.90 Å². The van der Waals surface area contributed by atoms with Gasteiger partial charge in [0.1, 0.15) is 0 Å². The standard InChI is InChI=1S/C16H17BrN2O2S/c1-3-16(13-6-4-12(2)5-7-13)18-19-22(20,21)15-10-8-14(17)9-11-15/h4-11,19H,3H2,1-2H3. The van der Waals surface area contributed by atoms with Crippen LogP contribution in [0, 0.1) is 6.92 Å². The molecule has 0 bridgehead atoms. The Balaban J connectivity index is 2.24. The van der Waals surface area contributed by atoms with Gasteiger partial charge in [-0.05, 0) is 43.2 Å². The van der Waals surface area contributed by atoms with Crippen LogP contribution in [0.25, 0.3) is 0 Å². The van der Waals surface area contributed by atoms with Gasteiger partial charge in [-0.1, -0.05) is 52.7 Å². The van der Waals surface area contributed by atoms with Crippen LogP contribution in [0.1, 0.15) is 24.5 Å². The Bertz CT molecular complexity index is 767. The molecule has 22 heavy (non-hydrogen) atoms. The van der Waals surface area contributed by atoms with Crippen molar-refractivity contribution >= 4 is 31.7 Å². The van der Waals surface area contributed by atoms with Crippen molar-refractivity contribution < 1.29 is 8.42 Å². The van der Waals surface area contributed by atoms with Gasteiger partial charge in [-0.15, -0.1) is 0 Å². The van der Waals surface area contributed by atoms with E-state index < -0.39 is 10.0 Å². The van der Waals surface area contributed by atoms with Gasteiger partial charge in [0.15, 0.2) is 0 Å². The maximum Gasteiger partial charge on any atom is 0.276 e. The number of halogens is 1. The van der Waals surface area contributed by atoms with E-state index in [9.17, 15) is 8.42 Å². The minimum Gasteiger partial charge on any atom is -0.200 e. The lowest BCUT2D eigenvalue weighted by atomic mass is 10.1. The summed E-state index contributed by atoms with van der Waals surface area (Å²) in [5.74, 6) is 0. The molecule has 0 aromatic heterocycles. The zero-order valence-corrected chi connectivity index (χ0v) is 14.8. The van der Waals surface area contributed by atoms with Gasteiger partial charge in [0.25, 0.3) is 10.0 Å². The van der Waals surface area contributed by atoms with E-state index in [4.69, 9.17) is 0 Å². The van der Waals surface area contributed by atoms with Crippen LogP contribution in [0.3, 0.4) is 0 Å². The van der Waals surface area contributed by atoms with Crippen LogP contribution < -0.4 is 4.83 Å². The molecule has 2 rings (SSSR count). The largest absolute Gasteiger partial charge is 0.276 e. The molecule has 0 aliphatic carbocycles. The summed E-state index contributed by atoms with van der Waals surface area (Å²) in [6, 6.07) is 14.2. The summed E-state index contributed by atoms with van der Waals surface area (Å²) in [5.41, 5.74) is 2.75. The highest BCUT2D eigenvalue weighted by atomic mass is 79.9. The first kappa shape index (κ1) is 16.7. The molecule has 0 radical (unpaired) electrons. The van der Waals surface area contributed by atoms with Crippen molar-refractivity contribution in [1.82, 2.24) is 4.83 Å². The second-order valence-electron chi connectivity index (χ2n) is 4.83. The summed E-state index contributed by atoms with van der Waals surface area (Å²) >= 11 is 3.28. The predicted molar refractivity (Wildman–Crippen MR) is 92.5 cm³/mol. The van der Waals surface area contributed by atoms with Crippen LogP contribution in [0.5, 0.6) is 0 Å². The molecule has 0 aliphatic rings. The molecule has 0 saturated carbocycles. The number of hydrogen-bond donors (Lipinski definition) is 1. The topological polar surface area (TPSA) is 58.5 Å². The SMILES string of the molecule is CCC(=NNS(=O)(=O)c1ccc(Br)cc1)c1ccc(C)cc1. The van der Waals surface area contributed by atoms with E-state index in [0.717, 1.165) is 15.6 Å². The quantitative estimate of drug-likeness (QED) is 0.632. The van der Waals surface area contributed by atoms with Crippen LogP contribution in [0.15, 0.2) is 63.0 Å². The Morgan fingerprint density at radius 2 is 1.68 bits per heavy atom. The normalized spacial score (nSPS) is 12.2. The molecule has 0 saturated heterocycles. The summed E-state index contributed by atoms with van der Waals surface area (Å²) in [6.45, 7) is 3.94. The van der Waals surface area contributed by atoms with E-state index >= 15 is 0 Å². The third-order valence-electron chi connectivity index (χ3n) is 3.14. The molecule has 0 heterocycles. The molecular formula is C16H17BrN2O2S. The van der Waals surface area contributed by atoms with E-state index in [1.165, 1.54) is 12.1 Å². The first-order chi connectivity index (χ1) is 10.4. The number of hydrazone groups is 1. The average Bonchev–Trinajstić information content (AvgIpc) is 2.50. The molecule has 0 atom stereocenters. The molecule has 0 fully saturated rings. The van der Waals surface area contributed by atoms with Crippen LogP contribution in [0.4, 0.5) is 0 Å². The van der Waals surface area contributed by atoms with Crippen molar-refractivity contribution in [3.05, 3.63) is 64.1 Å². The van der Waals surface area contributed by atoms with Crippen LogP contribution in [-0.4, -0.2) is 14.1 Å². The first-order valence-electron chi connectivity index (χ1n) is 6.83. The lowest BCUT2D eigenvalue weighted by Gasteiger charge is -2.07. The van der Waals surface area contributed by atoms with Crippen molar-refractivity contribution in [1.29, 1.82) is 0 Å².